The Morgan fingerprint density at radius 1 is 1.06 bits per heavy atom. The number of hydrogen-bond acceptors (Lipinski definition) is 2. The number of hydrogen-bond donors (Lipinski definition) is 1. The van der Waals surface area contributed by atoms with Crippen molar-refractivity contribution in [1.82, 2.24) is 5.32 Å². The van der Waals surface area contributed by atoms with Gasteiger partial charge in [0.05, 0.1) is 0 Å². The van der Waals surface area contributed by atoms with Gasteiger partial charge in [0.15, 0.2) is 0 Å². The molecule has 18 heavy (non-hydrogen) atoms. The number of nitrogens with one attached hydrogen (secondary N) is 1. The fourth-order valence-electron chi connectivity index (χ4n) is 2.35. The van der Waals surface area contributed by atoms with Gasteiger partial charge in [0.25, 0.3) is 0 Å². The monoisotopic (exact) mass is 265 g/mol. The van der Waals surface area contributed by atoms with E-state index in [1.54, 1.807) is 11.8 Å². The lowest BCUT2D eigenvalue weighted by molar-refractivity contribution is 0.402. The molecule has 0 aliphatic rings. The molecule has 0 aliphatic heterocycles. The van der Waals surface area contributed by atoms with E-state index in [9.17, 15) is 0 Å². The van der Waals surface area contributed by atoms with Crippen LogP contribution in [0.3, 0.4) is 0 Å². The first-order valence-corrected chi connectivity index (χ1v) is 8.33. The Kier molecular flexibility index (Phi) is 7.45. The number of benzene rings is 1. The van der Waals surface area contributed by atoms with Gasteiger partial charge in [-0.1, -0.05) is 38.8 Å². The summed E-state index contributed by atoms with van der Waals surface area (Å²) in [7, 11) is 0. The van der Waals surface area contributed by atoms with E-state index in [2.05, 4.69) is 56.6 Å². The third-order valence-corrected chi connectivity index (χ3v) is 4.12. The average Bonchev–Trinajstić information content (AvgIpc) is 2.39. The van der Waals surface area contributed by atoms with Crippen molar-refractivity contribution in [3.63, 3.8) is 0 Å². The van der Waals surface area contributed by atoms with E-state index in [0.29, 0.717) is 12.1 Å². The Balaban J connectivity index is 2.58. The maximum atomic E-state index is 3.77. The predicted molar refractivity (Wildman–Crippen MR) is 83.4 cm³/mol. The first-order valence-electron chi connectivity index (χ1n) is 7.11. The largest absolute Gasteiger partial charge is 0.307 e. The minimum Gasteiger partial charge on any atom is -0.307 e. The molecule has 1 N–H and O–H groups in total. The quantitative estimate of drug-likeness (QED) is 0.662. The lowest BCUT2D eigenvalue weighted by Gasteiger charge is -2.23. The van der Waals surface area contributed by atoms with Crippen LogP contribution < -0.4 is 5.32 Å². The van der Waals surface area contributed by atoms with Crippen molar-refractivity contribution in [2.24, 2.45) is 0 Å². The highest BCUT2D eigenvalue weighted by atomic mass is 32.2. The molecular formula is C16H27NS. The fourth-order valence-corrected chi connectivity index (χ4v) is 2.76. The molecule has 1 rings (SSSR count). The Bertz CT molecular complexity index is 314. The third-order valence-electron chi connectivity index (χ3n) is 3.38. The predicted octanol–water partition coefficient (Wildman–Crippen LogP) is 5.03. The van der Waals surface area contributed by atoms with Crippen LogP contribution >= 0.6 is 11.8 Å². The summed E-state index contributed by atoms with van der Waals surface area (Å²) in [4.78, 5) is 1.34. The molecule has 0 saturated carbocycles. The summed E-state index contributed by atoms with van der Waals surface area (Å²) in [5.74, 6) is 0. The summed E-state index contributed by atoms with van der Waals surface area (Å²) in [6.07, 6.45) is 7.20. The lowest BCUT2D eigenvalue weighted by atomic mass is 10.0. The van der Waals surface area contributed by atoms with Crippen LogP contribution in [0.5, 0.6) is 0 Å². The Labute approximate surface area is 117 Å². The Hall–Kier alpha value is -0.470. The molecule has 0 heterocycles. The molecule has 1 unspecified atom stereocenters. The van der Waals surface area contributed by atoms with Crippen LogP contribution in [-0.2, 0) is 0 Å². The summed E-state index contributed by atoms with van der Waals surface area (Å²) < 4.78 is 0. The summed E-state index contributed by atoms with van der Waals surface area (Å²) in [6, 6.07) is 10.0. The second-order valence-corrected chi connectivity index (χ2v) is 5.82. The van der Waals surface area contributed by atoms with E-state index in [-0.39, 0.29) is 0 Å². The van der Waals surface area contributed by atoms with E-state index in [1.807, 2.05) is 0 Å². The second-order valence-electron chi connectivity index (χ2n) is 4.94. The van der Waals surface area contributed by atoms with Crippen molar-refractivity contribution in [2.45, 2.75) is 63.4 Å². The molecule has 2 heteroatoms. The molecule has 102 valence electrons. The first kappa shape index (κ1) is 15.6. The van der Waals surface area contributed by atoms with Gasteiger partial charge >= 0.3 is 0 Å². The van der Waals surface area contributed by atoms with Gasteiger partial charge < -0.3 is 5.32 Å². The van der Waals surface area contributed by atoms with Gasteiger partial charge in [0.1, 0.15) is 0 Å². The highest BCUT2D eigenvalue weighted by Crippen LogP contribution is 2.20. The molecular weight excluding hydrogens is 238 g/mol. The van der Waals surface area contributed by atoms with Crippen molar-refractivity contribution < 1.29 is 0 Å². The fraction of sp³-hybridized carbons (Fsp3) is 0.625. The molecule has 1 aromatic rings. The van der Waals surface area contributed by atoms with Crippen LogP contribution in [0.15, 0.2) is 29.2 Å². The van der Waals surface area contributed by atoms with Crippen LogP contribution in [0.4, 0.5) is 0 Å². The molecule has 1 atom stereocenters. The van der Waals surface area contributed by atoms with Crippen molar-refractivity contribution in [3.05, 3.63) is 29.8 Å². The average molecular weight is 265 g/mol. The van der Waals surface area contributed by atoms with Crippen LogP contribution in [0.25, 0.3) is 0 Å². The zero-order chi connectivity index (χ0) is 13.4. The molecule has 0 fully saturated rings. The smallest absolute Gasteiger partial charge is 0.0294 e. The molecule has 0 bridgehead atoms. The highest BCUT2D eigenvalue weighted by Gasteiger charge is 2.11. The zero-order valence-electron chi connectivity index (χ0n) is 12.2. The lowest BCUT2D eigenvalue weighted by Crippen LogP contribution is -2.31. The van der Waals surface area contributed by atoms with Crippen LogP contribution in [-0.4, -0.2) is 12.3 Å². The van der Waals surface area contributed by atoms with E-state index in [1.165, 1.54) is 36.1 Å². The highest BCUT2D eigenvalue weighted by molar-refractivity contribution is 7.98. The molecule has 0 aliphatic carbocycles. The second kappa shape index (κ2) is 8.60. The number of rotatable bonds is 8. The molecule has 0 saturated heterocycles. The van der Waals surface area contributed by atoms with E-state index in [4.69, 9.17) is 0 Å². The van der Waals surface area contributed by atoms with Gasteiger partial charge in [-0.25, -0.2) is 0 Å². The van der Waals surface area contributed by atoms with Crippen LogP contribution in [0, 0.1) is 0 Å². The summed E-state index contributed by atoms with van der Waals surface area (Å²) in [6.45, 7) is 6.80. The minimum absolute atomic E-state index is 0.448. The van der Waals surface area contributed by atoms with Crippen molar-refractivity contribution >= 4 is 11.8 Å². The molecule has 0 aromatic heterocycles. The van der Waals surface area contributed by atoms with Gasteiger partial charge in [0, 0.05) is 17.0 Å². The van der Waals surface area contributed by atoms with Crippen LogP contribution in [0.2, 0.25) is 0 Å². The number of thioether (sulfide) groups is 1. The van der Waals surface area contributed by atoms with E-state index < -0.39 is 0 Å². The van der Waals surface area contributed by atoms with Gasteiger partial charge in [-0.05, 0) is 43.7 Å². The maximum absolute atomic E-state index is 3.77. The molecule has 0 radical (unpaired) electrons. The van der Waals surface area contributed by atoms with E-state index >= 15 is 0 Å². The van der Waals surface area contributed by atoms with E-state index in [0.717, 1.165) is 0 Å². The topological polar surface area (TPSA) is 12.0 Å². The minimum atomic E-state index is 0.448. The molecule has 1 aromatic carbocycles. The summed E-state index contributed by atoms with van der Waals surface area (Å²) in [5, 5.41) is 3.77. The Morgan fingerprint density at radius 3 is 2.06 bits per heavy atom. The SMILES string of the molecule is CCCC(CCC)NC(C)c1ccc(SC)cc1. The van der Waals surface area contributed by atoms with Gasteiger partial charge in [-0.3, -0.25) is 0 Å². The zero-order valence-corrected chi connectivity index (χ0v) is 13.0. The van der Waals surface area contributed by atoms with Crippen molar-refractivity contribution in [1.29, 1.82) is 0 Å². The standard InChI is InChI=1S/C16H27NS/c1-5-7-15(8-6-2)17-13(3)14-9-11-16(18-4)12-10-14/h9-13,15,17H,5-8H2,1-4H3. The van der Waals surface area contributed by atoms with Gasteiger partial charge in [-0.15, -0.1) is 11.8 Å². The van der Waals surface area contributed by atoms with Gasteiger partial charge in [0.2, 0.25) is 0 Å². The Morgan fingerprint density at radius 2 is 1.61 bits per heavy atom. The maximum Gasteiger partial charge on any atom is 0.0294 e. The first-order chi connectivity index (χ1) is 8.71. The molecule has 0 spiro atoms. The van der Waals surface area contributed by atoms with Crippen molar-refractivity contribution in [2.75, 3.05) is 6.26 Å². The summed E-state index contributed by atoms with van der Waals surface area (Å²) >= 11 is 1.80. The van der Waals surface area contributed by atoms with Gasteiger partial charge in [-0.2, -0.15) is 0 Å². The molecule has 0 amide bonds. The summed E-state index contributed by atoms with van der Waals surface area (Å²) in [5.41, 5.74) is 1.39. The molecule has 1 nitrogen and oxygen atoms in total. The third kappa shape index (κ3) is 5.03. The normalized spacial score (nSPS) is 12.9. The van der Waals surface area contributed by atoms with Crippen molar-refractivity contribution in [3.8, 4) is 0 Å². The van der Waals surface area contributed by atoms with Crippen LogP contribution in [0.1, 0.15) is 58.1 Å².